The summed E-state index contributed by atoms with van der Waals surface area (Å²) in [6.07, 6.45) is 4.75. The van der Waals surface area contributed by atoms with E-state index in [0.29, 0.717) is 12.2 Å². The molecule has 1 aliphatic carbocycles. The lowest BCUT2D eigenvalue weighted by atomic mass is 9.85. The Hall–Kier alpha value is -1.56. The van der Waals surface area contributed by atoms with Gasteiger partial charge in [0.25, 0.3) is 0 Å². The third-order valence-electron chi connectivity index (χ3n) is 4.13. The Morgan fingerprint density at radius 3 is 2.60 bits per heavy atom. The van der Waals surface area contributed by atoms with Gasteiger partial charge in [0.2, 0.25) is 5.91 Å². The first kappa shape index (κ1) is 14.8. The van der Waals surface area contributed by atoms with Gasteiger partial charge in [-0.1, -0.05) is 19.3 Å². The maximum absolute atomic E-state index is 11.9. The molecule has 0 saturated heterocycles. The van der Waals surface area contributed by atoms with Crippen LogP contribution in [0.25, 0.3) is 0 Å². The molecule has 0 atom stereocenters. The summed E-state index contributed by atoms with van der Waals surface area (Å²) in [6, 6.07) is 0. The van der Waals surface area contributed by atoms with Crippen LogP contribution in [0.1, 0.15) is 43.5 Å². The highest BCUT2D eigenvalue weighted by molar-refractivity contribution is 5.76. The Bertz CT molecular complexity index is 490. The largest absolute Gasteiger partial charge is 0.396 e. The molecule has 6 nitrogen and oxygen atoms in total. The number of nitrogen functional groups attached to an aromatic ring is 1. The molecule has 6 heteroatoms. The molecule has 1 fully saturated rings. The van der Waals surface area contributed by atoms with Crippen LogP contribution in [0.15, 0.2) is 0 Å². The number of nitrogens with zero attached hydrogens (tertiary/aromatic N) is 2. The monoisotopic (exact) mass is 280 g/mol. The van der Waals surface area contributed by atoms with Crippen LogP contribution in [0, 0.1) is 13.8 Å². The molecule has 0 aromatic carbocycles. The Morgan fingerprint density at radius 1 is 1.40 bits per heavy atom. The van der Waals surface area contributed by atoms with E-state index in [9.17, 15) is 9.90 Å². The number of aryl methyl sites for hydroxylation is 1. The average molecular weight is 280 g/mol. The molecule has 1 amide bonds. The van der Waals surface area contributed by atoms with Crippen LogP contribution in [0.4, 0.5) is 5.69 Å². The van der Waals surface area contributed by atoms with E-state index in [0.717, 1.165) is 37.1 Å². The SMILES string of the molecule is Cc1nn(CC(=O)NCC2(O)CCCCC2)c(C)c1N. The van der Waals surface area contributed by atoms with Gasteiger partial charge in [-0.2, -0.15) is 5.10 Å². The second-order valence-electron chi connectivity index (χ2n) is 5.80. The molecular formula is C14H24N4O2. The van der Waals surface area contributed by atoms with Gasteiger partial charge in [0.1, 0.15) is 6.54 Å². The number of hydrogen-bond acceptors (Lipinski definition) is 4. The molecule has 20 heavy (non-hydrogen) atoms. The number of aromatic nitrogens is 2. The van der Waals surface area contributed by atoms with Gasteiger partial charge in [0, 0.05) is 6.54 Å². The standard InChI is InChI=1S/C14H24N4O2/c1-10-13(15)11(2)18(17-10)8-12(19)16-9-14(20)6-4-3-5-7-14/h20H,3-9,15H2,1-2H3,(H,16,19). The summed E-state index contributed by atoms with van der Waals surface area (Å²) < 4.78 is 1.60. The van der Waals surface area contributed by atoms with Gasteiger partial charge in [-0.3, -0.25) is 9.48 Å². The summed E-state index contributed by atoms with van der Waals surface area (Å²) in [6.45, 7) is 4.12. The number of carbonyl (C=O) groups is 1. The highest BCUT2D eigenvalue weighted by Gasteiger charge is 2.29. The number of anilines is 1. The molecule has 1 aliphatic rings. The van der Waals surface area contributed by atoms with Crippen LogP contribution < -0.4 is 11.1 Å². The van der Waals surface area contributed by atoms with Crippen LogP contribution in [-0.2, 0) is 11.3 Å². The van der Waals surface area contributed by atoms with Crippen molar-refractivity contribution in [3.05, 3.63) is 11.4 Å². The van der Waals surface area contributed by atoms with Gasteiger partial charge in [-0.25, -0.2) is 0 Å². The van der Waals surface area contributed by atoms with Crippen molar-refractivity contribution in [2.45, 2.75) is 58.1 Å². The highest BCUT2D eigenvalue weighted by Crippen LogP contribution is 2.27. The van der Waals surface area contributed by atoms with Crippen molar-refractivity contribution in [2.24, 2.45) is 0 Å². The Morgan fingerprint density at radius 2 is 2.05 bits per heavy atom. The van der Waals surface area contributed by atoms with Gasteiger partial charge in [0.05, 0.1) is 22.7 Å². The van der Waals surface area contributed by atoms with Gasteiger partial charge in [0.15, 0.2) is 0 Å². The van der Waals surface area contributed by atoms with Crippen molar-refractivity contribution in [1.29, 1.82) is 0 Å². The molecule has 1 saturated carbocycles. The average Bonchev–Trinajstić information content (AvgIpc) is 2.65. The molecular weight excluding hydrogens is 256 g/mol. The van der Waals surface area contributed by atoms with Crippen LogP contribution in [0.5, 0.6) is 0 Å². The zero-order valence-electron chi connectivity index (χ0n) is 12.3. The van der Waals surface area contributed by atoms with E-state index in [1.807, 2.05) is 13.8 Å². The van der Waals surface area contributed by atoms with Crippen molar-refractivity contribution in [1.82, 2.24) is 15.1 Å². The summed E-state index contributed by atoms with van der Waals surface area (Å²) in [7, 11) is 0. The molecule has 1 heterocycles. The molecule has 0 spiro atoms. The number of aliphatic hydroxyl groups is 1. The Labute approximate surface area is 119 Å². The minimum absolute atomic E-state index is 0.139. The fourth-order valence-corrected chi connectivity index (χ4v) is 2.71. The van der Waals surface area contributed by atoms with E-state index < -0.39 is 5.60 Å². The summed E-state index contributed by atoms with van der Waals surface area (Å²) in [4.78, 5) is 11.9. The minimum Gasteiger partial charge on any atom is -0.396 e. The van der Waals surface area contributed by atoms with Gasteiger partial charge < -0.3 is 16.2 Å². The summed E-state index contributed by atoms with van der Waals surface area (Å²) in [5.41, 5.74) is 7.27. The number of rotatable bonds is 4. The first-order chi connectivity index (χ1) is 9.41. The van der Waals surface area contributed by atoms with E-state index in [1.165, 1.54) is 6.42 Å². The highest BCUT2D eigenvalue weighted by atomic mass is 16.3. The minimum atomic E-state index is -0.734. The van der Waals surface area contributed by atoms with Crippen LogP contribution in [0.2, 0.25) is 0 Å². The zero-order chi connectivity index (χ0) is 14.8. The smallest absolute Gasteiger partial charge is 0.241 e. The molecule has 4 N–H and O–H groups in total. The lowest BCUT2D eigenvalue weighted by Crippen LogP contribution is -2.45. The number of hydrogen-bond donors (Lipinski definition) is 3. The van der Waals surface area contributed by atoms with E-state index in [4.69, 9.17) is 5.73 Å². The number of nitrogens with one attached hydrogen (secondary N) is 1. The second-order valence-corrected chi connectivity index (χ2v) is 5.80. The summed E-state index contributed by atoms with van der Waals surface area (Å²) >= 11 is 0. The normalized spacial score (nSPS) is 17.9. The quantitative estimate of drug-likeness (QED) is 0.763. The van der Waals surface area contributed by atoms with Crippen LogP contribution in [0.3, 0.4) is 0 Å². The first-order valence-corrected chi connectivity index (χ1v) is 7.20. The zero-order valence-corrected chi connectivity index (χ0v) is 12.3. The van der Waals surface area contributed by atoms with E-state index in [1.54, 1.807) is 4.68 Å². The van der Waals surface area contributed by atoms with Crippen LogP contribution in [-0.4, -0.2) is 32.9 Å². The molecule has 0 bridgehead atoms. The summed E-state index contributed by atoms with van der Waals surface area (Å²) in [5, 5.41) is 17.4. The van der Waals surface area contributed by atoms with Crippen molar-refractivity contribution in [2.75, 3.05) is 12.3 Å². The number of carbonyl (C=O) groups excluding carboxylic acids is 1. The number of amides is 1. The van der Waals surface area contributed by atoms with Gasteiger partial charge in [-0.15, -0.1) is 0 Å². The van der Waals surface area contributed by atoms with E-state index in [2.05, 4.69) is 10.4 Å². The predicted octanol–water partition coefficient (Wildman–Crippen LogP) is 0.894. The summed E-state index contributed by atoms with van der Waals surface area (Å²) in [5.74, 6) is -0.144. The Kier molecular flexibility index (Phi) is 4.32. The Balaban J connectivity index is 1.87. The van der Waals surface area contributed by atoms with Gasteiger partial charge >= 0.3 is 0 Å². The first-order valence-electron chi connectivity index (χ1n) is 7.20. The van der Waals surface area contributed by atoms with Crippen molar-refractivity contribution >= 4 is 11.6 Å². The fourth-order valence-electron chi connectivity index (χ4n) is 2.71. The molecule has 112 valence electrons. The molecule has 0 radical (unpaired) electrons. The molecule has 0 unspecified atom stereocenters. The molecule has 1 aromatic rings. The second kappa shape index (κ2) is 5.83. The predicted molar refractivity (Wildman–Crippen MR) is 77.2 cm³/mol. The van der Waals surface area contributed by atoms with Gasteiger partial charge in [-0.05, 0) is 26.7 Å². The van der Waals surface area contributed by atoms with Crippen molar-refractivity contribution in [3.8, 4) is 0 Å². The van der Waals surface area contributed by atoms with Crippen molar-refractivity contribution < 1.29 is 9.90 Å². The lowest BCUT2D eigenvalue weighted by Gasteiger charge is -2.32. The topological polar surface area (TPSA) is 93.2 Å². The fraction of sp³-hybridized carbons (Fsp3) is 0.714. The maximum Gasteiger partial charge on any atom is 0.241 e. The van der Waals surface area contributed by atoms with E-state index >= 15 is 0 Å². The van der Waals surface area contributed by atoms with Crippen molar-refractivity contribution in [3.63, 3.8) is 0 Å². The van der Waals surface area contributed by atoms with E-state index in [-0.39, 0.29) is 12.5 Å². The third kappa shape index (κ3) is 3.30. The number of nitrogens with two attached hydrogens (primary N) is 1. The molecule has 1 aromatic heterocycles. The van der Waals surface area contributed by atoms with Crippen LogP contribution >= 0.6 is 0 Å². The molecule has 2 rings (SSSR count). The maximum atomic E-state index is 11.9. The lowest BCUT2D eigenvalue weighted by molar-refractivity contribution is -0.123. The third-order valence-corrected chi connectivity index (χ3v) is 4.13. The molecule has 0 aliphatic heterocycles.